The van der Waals surface area contributed by atoms with Gasteiger partial charge < -0.3 is 9.84 Å². The van der Waals surface area contributed by atoms with Gasteiger partial charge in [0, 0.05) is 5.92 Å². The summed E-state index contributed by atoms with van der Waals surface area (Å²) >= 11 is 0. The number of allylic oxidation sites excluding steroid dienone is 1. The molecular formula is C13H19FO2. The maximum Gasteiger partial charge on any atom is 0.116 e. The molecule has 2 saturated carbocycles. The van der Waals surface area contributed by atoms with Crippen molar-refractivity contribution in [2.24, 2.45) is 17.8 Å². The van der Waals surface area contributed by atoms with Crippen LogP contribution in [0.2, 0.25) is 0 Å². The van der Waals surface area contributed by atoms with E-state index in [1.165, 1.54) is 0 Å². The SMILES string of the molecule is OC1C2CCC(C2)C1OC(CF)C1C=CC1. The van der Waals surface area contributed by atoms with Gasteiger partial charge in [-0.05, 0) is 37.5 Å². The molecule has 0 aromatic heterocycles. The molecule has 3 aliphatic carbocycles. The van der Waals surface area contributed by atoms with Crippen LogP contribution in [0.1, 0.15) is 25.7 Å². The topological polar surface area (TPSA) is 29.5 Å². The highest BCUT2D eigenvalue weighted by Gasteiger charge is 2.48. The van der Waals surface area contributed by atoms with Gasteiger partial charge in [-0.2, -0.15) is 0 Å². The smallest absolute Gasteiger partial charge is 0.116 e. The molecule has 0 heterocycles. The van der Waals surface area contributed by atoms with E-state index < -0.39 is 6.67 Å². The molecule has 3 aliphatic rings. The molecule has 0 aromatic carbocycles. The third-order valence-corrected chi connectivity index (χ3v) is 4.55. The summed E-state index contributed by atoms with van der Waals surface area (Å²) in [5.74, 6) is 1.11. The Morgan fingerprint density at radius 3 is 2.62 bits per heavy atom. The van der Waals surface area contributed by atoms with Gasteiger partial charge in [0.05, 0.1) is 18.3 Å². The van der Waals surface area contributed by atoms with Crippen LogP contribution in [0.25, 0.3) is 0 Å². The van der Waals surface area contributed by atoms with Crippen molar-refractivity contribution in [1.29, 1.82) is 0 Å². The summed E-state index contributed by atoms with van der Waals surface area (Å²) in [6, 6.07) is 0. The van der Waals surface area contributed by atoms with Gasteiger partial charge >= 0.3 is 0 Å². The first-order chi connectivity index (χ1) is 7.79. The molecule has 0 amide bonds. The molecule has 2 bridgehead atoms. The van der Waals surface area contributed by atoms with Gasteiger partial charge in [-0.3, -0.25) is 0 Å². The zero-order valence-corrected chi connectivity index (χ0v) is 9.39. The van der Waals surface area contributed by atoms with Crippen molar-refractivity contribution < 1.29 is 14.2 Å². The Bertz CT molecular complexity index is 290. The molecule has 2 nitrogen and oxygen atoms in total. The van der Waals surface area contributed by atoms with Crippen LogP contribution in [0.15, 0.2) is 12.2 Å². The second-order valence-electron chi connectivity index (χ2n) is 5.44. The lowest BCUT2D eigenvalue weighted by atomic mass is 9.89. The standard InChI is InChI=1S/C13H19FO2/c14-7-11(8-2-1-3-8)16-13-10-5-4-9(6-10)12(13)15/h1-2,8-13,15H,3-7H2. The van der Waals surface area contributed by atoms with Crippen LogP contribution < -0.4 is 0 Å². The lowest BCUT2D eigenvalue weighted by molar-refractivity contribution is -0.117. The molecule has 0 saturated heterocycles. The van der Waals surface area contributed by atoms with Gasteiger partial charge in [0.25, 0.3) is 0 Å². The van der Waals surface area contributed by atoms with Gasteiger partial charge in [-0.15, -0.1) is 0 Å². The first kappa shape index (κ1) is 10.7. The Kier molecular flexibility index (Phi) is 2.76. The van der Waals surface area contributed by atoms with Crippen molar-refractivity contribution in [1.82, 2.24) is 0 Å². The van der Waals surface area contributed by atoms with Crippen molar-refractivity contribution in [3.8, 4) is 0 Å². The number of hydrogen-bond acceptors (Lipinski definition) is 2. The van der Waals surface area contributed by atoms with Crippen LogP contribution in [-0.4, -0.2) is 30.1 Å². The Morgan fingerprint density at radius 1 is 1.38 bits per heavy atom. The molecule has 0 radical (unpaired) electrons. The van der Waals surface area contributed by atoms with E-state index in [1.54, 1.807) is 0 Å². The quantitative estimate of drug-likeness (QED) is 0.744. The van der Waals surface area contributed by atoms with Crippen LogP contribution >= 0.6 is 0 Å². The highest BCUT2D eigenvalue weighted by atomic mass is 19.1. The van der Waals surface area contributed by atoms with Crippen LogP contribution in [0, 0.1) is 17.8 Å². The molecule has 16 heavy (non-hydrogen) atoms. The van der Waals surface area contributed by atoms with Crippen molar-refractivity contribution in [3.63, 3.8) is 0 Å². The molecular weight excluding hydrogens is 207 g/mol. The van der Waals surface area contributed by atoms with E-state index in [0.29, 0.717) is 11.8 Å². The summed E-state index contributed by atoms with van der Waals surface area (Å²) in [6.45, 7) is -0.435. The number of aliphatic hydroxyl groups is 1. The summed E-state index contributed by atoms with van der Waals surface area (Å²) in [5, 5.41) is 10.0. The average Bonchev–Trinajstić information content (AvgIpc) is 2.77. The third kappa shape index (κ3) is 1.61. The Balaban J connectivity index is 1.63. The fraction of sp³-hybridized carbons (Fsp3) is 0.846. The molecule has 0 aromatic rings. The minimum Gasteiger partial charge on any atom is -0.390 e. The molecule has 3 rings (SSSR count). The maximum absolute atomic E-state index is 12.9. The fourth-order valence-corrected chi connectivity index (χ4v) is 3.42. The molecule has 0 spiro atoms. The van der Waals surface area contributed by atoms with Gasteiger partial charge in [0.1, 0.15) is 6.67 Å². The lowest BCUT2D eigenvalue weighted by Crippen LogP contribution is -2.41. The molecule has 6 unspecified atom stereocenters. The second kappa shape index (κ2) is 4.11. The Labute approximate surface area is 95.5 Å². The average molecular weight is 226 g/mol. The maximum atomic E-state index is 12.9. The molecule has 1 N–H and O–H groups in total. The monoisotopic (exact) mass is 226 g/mol. The van der Waals surface area contributed by atoms with Gasteiger partial charge in [-0.1, -0.05) is 12.2 Å². The van der Waals surface area contributed by atoms with Crippen molar-refractivity contribution in [3.05, 3.63) is 12.2 Å². The summed E-state index contributed by atoms with van der Waals surface area (Å²) in [5.41, 5.74) is 0. The first-order valence-electron chi connectivity index (χ1n) is 6.35. The summed E-state index contributed by atoms with van der Waals surface area (Å²) in [4.78, 5) is 0. The number of alkyl halides is 1. The Morgan fingerprint density at radius 2 is 2.12 bits per heavy atom. The number of hydrogen-bond donors (Lipinski definition) is 1. The molecule has 6 atom stereocenters. The minimum absolute atomic E-state index is 0.103. The first-order valence-corrected chi connectivity index (χ1v) is 6.35. The van der Waals surface area contributed by atoms with E-state index in [-0.39, 0.29) is 24.2 Å². The molecule has 90 valence electrons. The van der Waals surface area contributed by atoms with Crippen molar-refractivity contribution in [2.75, 3.05) is 6.67 Å². The number of fused-ring (bicyclic) bond motifs is 2. The fourth-order valence-electron chi connectivity index (χ4n) is 3.42. The predicted molar refractivity (Wildman–Crippen MR) is 58.7 cm³/mol. The number of rotatable bonds is 4. The number of halogens is 1. The summed E-state index contributed by atoms with van der Waals surface area (Å²) in [6.07, 6.45) is 7.55. The van der Waals surface area contributed by atoms with E-state index in [2.05, 4.69) is 0 Å². The minimum atomic E-state index is -0.435. The molecule has 2 fully saturated rings. The van der Waals surface area contributed by atoms with E-state index in [9.17, 15) is 9.50 Å². The van der Waals surface area contributed by atoms with E-state index >= 15 is 0 Å². The molecule has 0 aliphatic heterocycles. The van der Waals surface area contributed by atoms with Crippen molar-refractivity contribution >= 4 is 0 Å². The second-order valence-corrected chi connectivity index (χ2v) is 5.44. The van der Waals surface area contributed by atoms with E-state index in [1.807, 2.05) is 12.2 Å². The Hall–Kier alpha value is -0.410. The lowest BCUT2D eigenvalue weighted by Gasteiger charge is -2.34. The predicted octanol–water partition coefficient (Wildman–Crippen LogP) is 2.08. The zero-order chi connectivity index (χ0) is 11.1. The largest absolute Gasteiger partial charge is 0.390 e. The summed E-state index contributed by atoms with van der Waals surface area (Å²) < 4.78 is 18.7. The third-order valence-electron chi connectivity index (χ3n) is 4.55. The van der Waals surface area contributed by atoms with Crippen LogP contribution in [0.4, 0.5) is 4.39 Å². The summed E-state index contributed by atoms with van der Waals surface area (Å²) in [7, 11) is 0. The van der Waals surface area contributed by atoms with Crippen LogP contribution in [0.3, 0.4) is 0 Å². The van der Waals surface area contributed by atoms with Crippen molar-refractivity contribution in [2.45, 2.75) is 44.0 Å². The van der Waals surface area contributed by atoms with Gasteiger partial charge in [0.15, 0.2) is 0 Å². The van der Waals surface area contributed by atoms with E-state index in [4.69, 9.17) is 4.74 Å². The number of ether oxygens (including phenoxy) is 1. The van der Waals surface area contributed by atoms with Crippen LogP contribution in [0.5, 0.6) is 0 Å². The van der Waals surface area contributed by atoms with Gasteiger partial charge in [-0.25, -0.2) is 4.39 Å². The number of aliphatic hydroxyl groups excluding tert-OH is 1. The zero-order valence-electron chi connectivity index (χ0n) is 9.39. The van der Waals surface area contributed by atoms with E-state index in [0.717, 1.165) is 25.7 Å². The highest BCUT2D eigenvalue weighted by molar-refractivity contribution is 5.06. The normalized spacial score (nSPS) is 47.0. The molecule has 3 heteroatoms. The highest BCUT2D eigenvalue weighted by Crippen LogP contribution is 2.47. The van der Waals surface area contributed by atoms with Gasteiger partial charge in [0.2, 0.25) is 0 Å². The van der Waals surface area contributed by atoms with Crippen LogP contribution in [-0.2, 0) is 4.74 Å².